The van der Waals surface area contributed by atoms with Crippen LogP contribution in [-0.2, 0) is 6.54 Å². The van der Waals surface area contributed by atoms with Gasteiger partial charge < -0.3 is 10.0 Å². The van der Waals surface area contributed by atoms with Gasteiger partial charge in [-0.05, 0) is 29.8 Å². The number of benzene rings is 2. The van der Waals surface area contributed by atoms with Crippen molar-refractivity contribution in [3.8, 4) is 0 Å². The van der Waals surface area contributed by atoms with Crippen molar-refractivity contribution in [3.05, 3.63) is 65.2 Å². The van der Waals surface area contributed by atoms with Crippen LogP contribution in [0.3, 0.4) is 0 Å². The predicted octanol–water partition coefficient (Wildman–Crippen LogP) is 3.30. The fourth-order valence-corrected chi connectivity index (χ4v) is 1.95. The smallest absolute Gasteiger partial charge is 0.338 e. The minimum absolute atomic E-state index is 0.276. The summed E-state index contributed by atoms with van der Waals surface area (Å²) in [6, 6.07) is 10.2. The van der Waals surface area contributed by atoms with Crippen LogP contribution in [0, 0.1) is 11.6 Å². The summed E-state index contributed by atoms with van der Waals surface area (Å²) in [5.41, 5.74) is 0.593. The lowest BCUT2D eigenvalue weighted by Gasteiger charge is -2.20. The van der Waals surface area contributed by atoms with Crippen LogP contribution < -0.4 is 4.90 Å². The van der Waals surface area contributed by atoms with Gasteiger partial charge in [0, 0.05) is 13.6 Å². The summed E-state index contributed by atoms with van der Waals surface area (Å²) in [7, 11) is 1.68. The van der Waals surface area contributed by atoms with E-state index in [0.29, 0.717) is 11.3 Å². The monoisotopic (exact) mass is 277 g/mol. The van der Waals surface area contributed by atoms with E-state index in [0.717, 1.165) is 6.07 Å². The zero-order valence-electron chi connectivity index (χ0n) is 10.8. The van der Waals surface area contributed by atoms with Crippen LogP contribution in [-0.4, -0.2) is 18.1 Å². The third kappa shape index (κ3) is 2.93. The van der Waals surface area contributed by atoms with Crippen molar-refractivity contribution >= 4 is 11.7 Å². The van der Waals surface area contributed by atoms with Gasteiger partial charge >= 0.3 is 5.97 Å². The molecule has 3 nitrogen and oxygen atoms in total. The van der Waals surface area contributed by atoms with Gasteiger partial charge in [0.1, 0.15) is 11.6 Å². The van der Waals surface area contributed by atoms with Gasteiger partial charge in [0.2, 0.25) is 0 Å². The molecule has 104 valence electrons. The number of hydrogen-bond donors (Lipinski definition) is 1. The molecule has 0 unspecified atom stereocenters. The Morgan fingerprint density at radius 3 is 2.45 bits per heavy atom. The number of halogens is 2. The number of aromatic carboxylic acids is 1. The molecule has 20 heavy (non-hydrogen) atoms. The van der Waals surface area contributed by atoms with Crippen LogP contribution in [0.2, 0.25) is 0 Å². The largest absolute Gasteiger partial charge is 0.478 e. The molecule has 0 amide bonds. The molecule has 0 aliphatic heterocycles. The summed E-state index contributed by atoms with van der Waals surface area (Å²) >= 11 is 0. The maximum absolute atomic E-state index is 13.6. The summed E-state index contributed by atoms with van der Waals surface area (Å²) in [4.78, 5) is 12.4. The summed E-state index contributed by atoms with van der Waals surface area (Å²) in [6.45, 7) is 0.276. The first-order valence-corrected chi connectivity index (χ1v) is 5.96. The lowest BCUT2D eigenvalue weighted by atomic mass is 10.1. The van der Waals surface area contributed by atoms with Crippen molar-refractivity contribution < 1.29 is 18.7 Å². The molecular formula is C15H13F2NO2. The average Bonchev–Trinajstić information content (AvgIpc) is 2.38. The fourth-order valence-electron chi connectivity index (χ4n) is 1.95. The van der Waals surface area contributed by atoms with Crippen LogP contribution >= 0.6 is 0 Å². The Balaban J connectivity index is 2.20. The summed E-state index contributed by atoms with van der Waals surface area (Å²) in [5, 5.41) is 8.75. The van der Waals surface area contributed by atoms with Crippen molar-refractivity contribution in [1.82, 2.24) is 0 Å². The third-order valence-corrected chi connectivity index (χ3v) is 2.95. The van der Waals surface area contributed by atoms with E-state index in [1.807, 2.05) is 0 Å². The molecule has 0 spiro atoms. The number of rotatable bonds is 4. The van der Waals surface area contributed by atoms with Crippen LogP contribution in [0.4, 0.5) is 14.5 Å². The Kier molecular flexibility index (Phi) is 3.98. The van der Waals surface area contributed by atoms with E-state index < -0.39 is 11.8 Å². The first-order chi connectivity index (χ1) is 9.49. The highest BCUT2D eigenvalue weighted by Crippen LogP contribution is 2.20. The Bertz CT molecular complexity index is 644. The van der Waals surface area contributed by atoms with E-state index in [1.165, 1.54) is 18.2 Å². The number of para-hydroxylation sites is 1. The molecule has 0 atom stereocenters. The molecule has 1 N–H and O–H groups in total. The number of anilines is 1. The minimum atomic E-state index is -1.31. The number of carboxylic acids is 1. The van der Waals surface area contributed by atoms with Crippen molar-refractivity contribution in [2.75, 3.05) is 11.9 Å². The van der Waals surface area contributed by atoms with Gasteiger partial charge in [-0.2, -0.15) is 0 Å². The normalized spacial score (nSPS) is 10.3. The molecule has 0 aliphatic rings. The third-order valence-electron chi connectivity index (χ3n) is 2.95. The molecule has 0 aromatic heterocycles. The van der Waals surface area contributed by atoms with Crippen molar-refractivity contribution in [2.24, 2.45) is 0 Å². The molecule has 5 heteroatoms. The topological polar surface area (TPSA) is 40.5 Å². The SMILES string of the molecule is CN(Cc1ccc(C(=O)O)c(F)c1)c1ccccc1F. The maximum Gasteiger partial charge on any atom is 0.338 e. The Morgan fingerprint density at radius 1 is 1.15 bits per heavy atom. The quantitative estimate of drug-likeness (QED) is 0.932. The Morgan fingerprint density at radius 2 is 1.85 bits per heavy atom. The summed E-state index contributed by atoms with van der Waals surface area (Å²) < 4.78 is 27.2. The Hall–Kier alpha value is -2.43. The van der Waals surface area contributed by atoms with E-state index in [1.54, 1.807) is 30.1 Å². The van der Waals surface area contributed by atoms with E-state index in [-0.39, 0.29) is 17.9 Å². The van der Waals surface area contributed by atoms with Crippen molar-refractivity contribution in [1.29, 1.82) is 0 Å². The molecule has 0 radical (unpaired) electrons. The highest BCUT2D eigenvalue weighted by atomic mass is 19.1. The molecular weight excluding hydrogens is 264 g/mol. The van der Waals surface area contributed by atoms with Gasteiger partial charge in [-0.3, -0.25) is 0 Å². The molecule has 2 aromatic carbocycles. The first kappa shape index (κ1) is 14.0. The van der Waals surface area contributed by atoms with Gasteiger partial charge in [0.05, 0.1) is 11.3 Å². The van der Waals surface area contributed by atoms with E-state index in [2.05, 4.69) is 0 Å². The second kappa shape index (κ2) is 5.69. The van der Waals surface area contributed by atoms with E-state index in [9.17, 15) is 13.6 Å². The zero-order chi connectivity index (χ0) is 14.7. The number of carboxylic acid groups (broad SMARTS) is 1. The summed E-state index contributed by atoms with van der Waals surface area (Å²) in [6.07, 6.45) is 0. The second-order valence-corrected chi connectivity index (χ2v) is 4.43. The molecule has 0 aliphatic carbocycles. The molecule has 0 saturated carbocycles. The standard InChI is InChI=1S/C15H13F2NO2/c1-18(14-5-3-2-4-12(14)16)9-10-6-7-11(15(19)20)13(17)8-10/h2-8H,9H2,1H3,(H,19,20). The lowest BCUT2D eigenvalue weighted by molar-refractivity contribution is 0.0692. The minimum Gasteiger partial charge on any atom is -0.478 e. The number of carbonyl (C=O) groups is 1. The highest BCUT2D eigenvalue weighted by Gasteiger charge is 2.12. The van der Waals surface area contributed by atoms with Gasteiger partial charge in [-0.25, -0.2) is 13.6 Å². The maximum atomic E-state index is 13.6. The molecule has 2 aromatic rings. The van der Waals surface area contributed by atoms with Crippen molar-refractivity contribution in [3.63, 3.8) is 0 Å². The van der Waals surface area contributed by atoms with Crippen LogP contribution in [0.5, 0.6) is 0 Å². The molecule has 0 saturated heterocycles. The lowest BCUT2D eigenvalue weighted by Crippen LogP contribution is -2.18. The molecule has 0 bridgehead atoms. The molecule has 0 heterocycles. The average molecular weight is 277 g/mol. The predicted molar refractivity (Wildman–Crippen MR) is 71.9 cm³/mol. The first-order valence-electron chi connectivity index (χ1n) is 5.96. The zero-order valence-corrected chi connectivity index (χ0v) is 10.8. The van der Waals surface area contributed by atoms with Crippen LogP contribution in [0.1, 0.15) is 15.9 Å². The number of nitrogens with zero attached hydrogens (tertiary/aromatic N) is 1. The van der Waals surface area contributed by atoms with Crippen molar-refractivity contribution in [2.45, 2.75) is 6.54 Å². The van der Waals surface area contributed by atoms with Gasteiger partial charge in [0.15, 0.2) is 0 Å². The van der Waals surface area contributed by atoms with Gasteiger partial charge in [-0.1, -0.05) is 18.2 Å². The molecule has 0 fully saturated rings. The van der Waals surface area contributed by atoms with Crippen LogP contribution in [0.25, 0.3) is 0 Å². The van der Waals surface area contributed by atoms with E-state index >= 15 is 0 Å². The van der Waals surface area contributed by atoms with Crippen LogP contribution in [0.15, 0.2) is 42.5 Å². The fraction of sp³-hybridized carbons (Fsp3) is 0.133. The highest BCUT2D eigenvalue weighted by molar-refractivity contribution is 5.87. The van der Waals surface area contributed by atoms with Gasteiger partial charge in [0.25, 0.3) is 0 Å². The van der Waals surface area contributed by atoms with E-state index in [4.69, 9.17) is 5.11 Å². The summed E-state index contributed by atoms with van der Waals surface area (Å²) in [5.74, 6) is -2.47. The van der Waals surface area contributed by atoms with Gasteiger partial charge in [-0.15, -0.1) is 0 Å². The molecule has 2 rings (SSSR count). The second-order valence-electron chi connectivity index (χ2n) is 4.43. The number of hydrogen-bond acceptors (Lipinski definition) is 2. The Labute approximate surface area is 115 Å².